The molecule has 1 aromatic carbocycles. The van der Waals surface area contributed by atoms with Crippen LogP contribution < -0.4 is 10.1 Å². The Bertz CT molecular complexity index is 522. The molecule has 0 aliphatic rings. The molecule has 0 aliphatic heterocycles. The minimum Gasteiger partial charge on any atom is -0.496 e. The van der Waals surface area contributed by atoms with Crippen molar-refractivity contribution in [1.29, 1.82) is 0 Å². The number of rotatable bonds is 6. The summed E-state index contributed by atoms with van der Waals surface area (Å²) in [6.07, 6.45) is 2.80. The molecule has 19 heavy (non-hydrogen) atoms. The Balaban J connectivity index is 1.91. The lowest BCUT2D eigenvalue weighted by molar-refractivity contribution is 0.401. The summed E-state index contributed by atoms with van der Waals surface area (Å²) in [5.41, 5.74) is 2.43. The van der Waals surface area contributed by atoms with Gasteiger partial charge in [0.05, 0.1) is 7.11 Å². The van der Waals surface area contributed by atoms with Crippen LogP contribution in [0, 0.1) is 0 Å². The maximum absolute atomic E-state index is 5.38. The lowest BCUT2D eigenvalue weighted by Gasteiger charge is -2.17. The van der Waals surface area contributed by atoms with Gasteiger partial charge in [0.25, 0.3) is 0 Å². The molecule has 1 aromatic heterocycles. The van der Waals surface area contributed by atoms with Crippen molar-refractivity contribution >= 4 is 0 Å². The third-order valence-electron chi connectivity index (χ3n) is 3.36. The van der Waals surface area contributed by atoms with E-state index in [4.69, 9.17) is 4.74 Å². The third-order valence-corrected chi connectivity index (χ3v) is 3.36. The second-order valence-electron chi connectivity index (χ2n) is 4.61. The largest absolute Gasteiger partial charge is 0.496 e. The summed E-state index contributed by atoms with van der Waals surface area (Å²) in [4.78, 5) is 0. The fourth-order valence-electron chi connectivity index (χ4n) is 2.20. The SMILES string of the molecule is COc1ccccc1[C@H](C)NCCc1ccnn1C. The average molecular weight is 259 g/mol. The van der Waals surface area contributed by atoms with Gasteiger partial charge in [-0.05, 0) is 19.1 Å². The van der Waals surface area contributed by atoms with Crippen LogP contribution in [0.5, 0.6) is 5.75 Å². The maximum atomic E-state index is 5.38. The molecular weight excluding hydrogens is 238 g/mol. The van der Waals surface area contributed by atoms with E-state index in [1.54, 1.807) is 7.11 Å². The molecule has 4 nitrogen and oxygen atoms in total. The van der Waals surface area contributed by atoms with Gasteiger partial charge < -0.3 is 10.1 Å². The molecule has 0 radical (unpaired) electrons. The molecule has 0 amide bonds. The van der Waals surface area contributed by atoms with Crippen molar-refractivity contribution in [3.63, 3.8) is 0 Å². The van der Waals surface area contributed by atoms with Gasteiger partial charge in [0, 0.05) is 43.5 Å². The number of benzene rings is 1. The first-order valence-electron chi connectivity index (χ1n) is 6.55. The molecular formula is C15H21N3O. The maximum Gasteiger partial charge on any atom is 0.123 e. The van der Waals surface area contributed by atoms with Gasteiger partial charge in [-0.3, -0.25) is 4.68 Å². The Morgan fingerprint density at radius 1 is 1.32 bits per heavy atom. The van der Waals surface area contributed by atoms with Crippen molar-refractivity contribution in [3.8, 4) is 5.75 Å². The summed E-state index contributed by atoms with van der Waals surface area (Å²) < 4.78 is 7.30. The number of methoxy groups -OCH3 is 1. The summed E-state index contributed by atoms with van der Waals surface area (Å²) in [6, 6.07) is 10.4. The van der Waals surface area contributed by atoms with Gasteiger partial charge in [-0.2, -0.15) is 5.10 Å². The quantitative estimate of drug-likeness (QED) is 0.865. The highest BCUT2D eigenvalue weighted by Crippen LogP contribution is 2.24. The second kappa shape index (κ2) is 6.38. The van der Waals surface area contributed by atoms with Gasteiger partial charge in [0.1, 0.15) is 5.75 Å². The molecule has 2 rings (SSSR count). The number of ether oxygens (including phenoxy) is 1. The molecule has 0 fully saturated rings. The highest BCUT2D eigenvalue weighted by atomic mass is 16.5. The molecule has 2 aromatic rings. The first kappa shape index (κ1) is 13.6. The molecule has 0 spiro atoms. The van der Waals surface area contributed by atoms with E-state index in [2.05, 4.69) is 29.5 Å². The number of para-hydroxylation sites is 1. The summed E-state index contributed by atoms with van der Waals surface area (Å²) in [7, 11) is 3.68. The van der Waals surface area contributed by atoms with E-state index in [0.717, 1.165) is 18.7 Å². The Kier molecular flexibility index (Phi) is 4.58. The Hall–Kier alpha value is -1.81. The van der Waals surface area contributed by atoms with Crippen LogP contribution in [0.1, 0.15) is 24.2 Å². The summed E-state index contributed by atoms with van der Waals surface area (Å²) in [5, 5.41) is 7.69. The summed E-state index contributed by atoms with van der Waals surface area (Å²) in [5.74, 6) is 0.933. The van der Waals surface area contributed by atoms with E-state index in [1.165, 1.54) is 11.3 Å². The van der Waals surface area contributed by atoms with Crippen LogP contribution in [0.15, 0.2) is 36.5 Å². The first-order chi connectivity index (χ1) is 9.22. The van der Waals surface area contributed by atoms with Crippen LogP contribution in [0.25, 0.3) is 0 Å². The van der Waals surface area contributed by atoms with Crippen molar-refractivity contribution in [2.75, 3.05) is 13.7 Å². The van der Waals surface area contributed by atoms with Crippen molar-refractivity contribution < 1.29 is 4.74 Å². The van der Waals surface area contributed by atoms with Gasteiger partial charge in [-0.1, -0.05) is 18.2 Å². The van der Waals surface area contributed by atoms with Crippen LogP contribution >= 0.6 is 0 Å². The minimum atomic E-state index is 0.268. The normalized spacial score (nSPS) is 12.4. The van der Waals surface area contributed by atoms with Crippen LogP contribution in [0.2, 0.25) is 0 Å². The Morgan fingerprint density at radius 3 is 2.79 bits per heavy atom. The van der Waals surface area contributed by atoms with E-state index in [0.29, 0.717) is 0 Å². The minimum absolute atomic E-state index is 0.268. The fraction of sp³-hybridized carbons (Fsp3) is 0.400. The standard InChI is InChI=1S/C15H21N3O/c1-12(14-6-4-5-7-15(14)19-3)16-10-8-13-9-11-17-18(13)2/h4-7,9,11-12,16H,8,10H2,1-3H3/t12-/m0/s1. The van der Waals surface area contributed by atoms with Gasteiger partial charge in [-0.25, -0.2) is 0 Å². The Labute approximate surface area is 114 Å². The van der Waals surface area contributed by atoms with Crippen LogP contribution in [-0.4, -0.2) is 23.4 Å². The molecule has 1 heterocycles. The van der Waals surface area contributed by atoms with E-state index in [9.17, 15) is 0 Å². The molecule has 4 heteroatoms. The number of nitrogens with one attached hydrogen (secondary N) is 1. The molecule has 1 N–H and O–H groups in total. The van der Waals surface area contributed by atoms with Crippen molar-refractivity contribution in [2.24, 2.45) is 7.05 Å². The predicted octanol–water partition coefficient (Wildman–Crippen LogP) is 2.32. The number of aromatic nitrogens is 2. The van der Waals surface area contributed by atoms with Crippen LogP contribution in [-0.2, 0) is 13.5 Å². The molecule has 0 saturated carbocycles. The smallest absolute Gasteiger partial charge is 0.123 e. The predicted molar refractivity (Wildman–Crippen MR) is 76.3 cm³/mol. The zero-order chi connectivity index (χ0) is 13.7. The summed E-state index contributed by atoms with van der Waals surface area (Å²) in [6.45, 7) is 3.07. The fourth-order valence-corrected chi connectivity index (χ4v) is 2.20. The van der Waals surface area contributed by atoms with Crippen molar-refractivity contribution in [1.82, 2.24) is 15.1 Å². The molecule has 0 aliphatic carbocycles. The van der Waals surface area contributed by atoms with E-state index in [-0.39, 0.29) is 6.04 Å². The van der Waals surface area contributed by atoms with Gasteiger partial charge in [0.15, 0.2) is 0 Å². The molecule has 0 unspecified atom stereocenters. The average Bonchev–Trinajstić information content (AvgIpc) is 2.84. The Morgan fingerprint density at radius 2 is 2.11 bits per heavy atom. The van der Waals surface area contributed by atoms with E-state index < -0.39 is 0 Å². The second-order valence-corrected chi connectivity index (χ2v) is 4.61. The number of aryl methyl sites for hydroxylation is 1. The molecule has 0 bridgehead atoms. The number of hydrogen-bond acceptors (Lipinski definition) is 3. The third kappa shape index (κ3) is 3.35. The van der Waals surface area contributed by atoms with E-state index >= 15 is 0 Å². The summed E-state index contributed by atoms with van der Waals surface area (Å²) >= 11 is 0. The van der Waals surface area contributed by atoms with Crippen LogP contribution in [0.3, 0.4) is 0 Å². The monoisotopic (exact) mass is 259 g/mol. The van der Waals surface area contributed by atoms with Gasteiger partial charge >= 0.3 is 0 Å². The zero-order valence-electron chi connectivity index (χ0n) is 11.8. The molecule has 102 valence electrons. The lowest BCUT2D eigenvalue weighted by atomic mass is 10.1. The topological polar surface area (TPSA) is 39.1 Å². The van der Waals surface area contributed by atoms with E-state index in [1.807, 2.05) is 36.1 Å². The lowest BCUT2D eigenvalue weighted by Crippen LogP contribution is -2.22. The highest BCUT2D eigenvalue weighted by molar-refractivity contribution is 5.35. The highest BCUT2D eigenvalue weighted by Gasteiger charge is 2.10. The van der Waals surface area contributed by atoms with Crippen molar-refractivity contribution in [2.45, 2.75) is 19.4 Å². The van der Waals surface area contributed by atoms with Crippen LogP contribution in [0.4, 0.5) is 0 Å². The molecule has 1 atom stereocenters. The first-order valence-corrected chi connectivity index (χ1v) is 6.55. The van der Waals surface area contributed by atoms with Gasteiger partial charge in [-0.15, -0.1) is 0 Å². The number of hydrogen-bond donors (Lipinski definition) is 1. The van der Waals surface area contributed by atoms with Crippen molar-refractivity contribution in [3.05, 3.63) is 47.8 Å². The number of nitrogens with zero attached hydrogens (tertiary/aromatic N) is 2. The zero-order valence-corrected chi connectivity index (χ0v) is 11.8. The molecule has 0 saturated heterocycles. The van der Waals surface area contributed by atoms with Gasteiger partial charge in [0.2, 0.25) is 0 Å².